The van der Waals surface area contributed by atoms with E-state index >= 15 is 0 Å². The first-order chi connectivity index (χ1) is 7.27. The molecule has 0 fully saturated rings. The van der Waals surface area contributed by atoms with Crippen molar-refractivity contribution in [3.8, 4) is 0 Å². The summed E-state index contributed by atoms with van der Waals surface area (Å²) in [6.07, 6.45) is 7.69. The summed E-state index contributed by atoms with van der Waals surface area (Å²) in [5.74, 6) is 0. The van der Waals surface area contributed by atoms with Gasteiger partial charge in [0.2, 0.25) is 0 Å². The van der Waals surface area contributed by atoms with Crippen LogP contribution in [0.3, 0.4) is 0 Å². The monoisotopic (exact) mass is 209 g/mol. The van der Waals surface area contributed by atoms with Crippen molar-refractivity contribution in [1.82, 2.24) is 14.9 Å². The fraction of sp³-hybridized carbons (Fsp3) is 0.750. The van der Waals surface area contributed by atoms with Gasteiger partial charge < -0.3 is 9.88 Å². The van der Waals surface area contributed by atoms with Gasteiger partial charge in [-0.05, 0) is 20.3 Å². The number of imidazole rings is 1. The van der Waals surface area contributed by atoms with Crippen molar-refractivity contribution in [3.05, 3.63) is 18.2 Å². The van der Waals surface area contributed by atoms with Gasteiger partial charge in [0.1, 0.15) is 0 Å². The van der Waals surface area contributed by atoms with Gasteiger partial charge in [0, 0.05) is 25.3 Å². The Bertz CT molecular complexity index is 268. The number of aromatic nitrogens is 2. The quantitative estimate of drug-likeness (QED) is 0.748. The number of nitrogens with zero attached hydrogens (tertiary/aromatic N) is 2. The number of hydrogen-bond acceptors (Lipinski definition) is 2. The van der Waals surface area contributed by atoms with Gasteiger partial charge >= 0.3 is 0 Å². The highest BCUT2D eigenvalue weighted by Gasteiger charge is 2.03. The number of rotatable bonds is 7. The lowest BCUT2D eigenvalue weighted by Crippen LogP contribution is -2.26. The Balaban J connectivity index is 2.30. The van der Waals surface area contributed by atoms with Crippen LogP contribution >= 0.6 is 0 Å². The van der Waals surface area contributed by atoms with Crippen molar-refractivity contribution in [2.24, 2.45) is 0 Å². The van der Waals surface area contributed by atoms with Crippen LogP contribution in [0.2, 0.25) is 0 Å². The van der Waals surface area contributed by atoms with Crippen LogP contribution in [0.1, 0.15) is 45.7 Å². The van der Waals surface area contributed by atoms with E-state index in [1.54, 1.807) is 0 Å². The standard InChI is InChI=1S/C12H23N3/c1-4-6-7-11(3)14-9-12-8-13-10-15(12)5-2/h8,10-11,14H,4-7,9H2,1-3H3. The molecule has 0 bridgehead atoms. The van der Waals surface area contributed by atoms with Gasteiger partial charge in [-0.15, -0.1) is 0 Å². The molecule has 3 nitrogen and oxygen atoms in total. The maximum Gasteiger partial charge on any atom is 0.0948 e. The van der Waals surface area contributed by atoms with E-state index in [-0.39, 0.29) is 0 Å². The van der Waals surface area contributed by atoms with Crippen LogP contribution in [0.25, 0.3) is 0 Å². The Hall–Kier alpha value is -0.830. The normalized spacial score (nSPS) is 13.0. The van der Waals surface area contributed by atoms with Crippen molar-refractivity contribution < 1.29 is 0 Å². The van der Waals surface area contributed by atoms with E-state index in [9.17, 15) is 0 Å². The molecule has 3 heteroatoms. The highest BCUT2D eigenvalue weighted by Crippen LogP contribution is 2.03. The number of aryl methyl sites for hydroxylation is 1. The molecule has 0 aliphatic heterocycles. The van der Waals surface area contributed by atoms with E-state index in [1.165, 1.54) is 25.0 Å². The third kappa shape index (κ3) is 4.04. The molecule has 0 radical (unpaired) electrons. The molecule has 0 aromatic carbocycles. The molecule has 1 N–H and O–H groups in total. The molecule has 0 saturated carbocycles. The lowest BCUT2D eigenvalue weighted by Gasteiger charge is -2.13. The maximum absolute atomic E-state index is 4.16. The molecule has 86 valence electrons. The zero-order valence-electron chi connectivity index (χ0n) is 10.2. The Kier molecular flexibility index (Phi) is 5.40. The highest BCUT2D eigenvalue weighted by atomic mass is 15.1. The Labute approximate surface area is 92.9 Å². The van der Waals surface area contributed by atoms with Gasteiger partial charge in [0.25, 0.3) is 0 Å². The molecule has 1 heterocycles. The van der Waals surface area contributed by atoms with Gasteiger partial charge in [0.15, 0.2) is 0 Å². The van der Waals surface area contributed by atoms with Crippen LogP contribution in [0.5, 0.6) is 0 Å². The average molecular weight is 209 g/mol. The zero-order valence-corrected chi connectivity index (χ0v) is 10.2. The fourth-order valence-corrected chi connectivity index (χ4v) is 1.67. The van der Waals surface area contributed by atoms with E-state index in [0.29, 0.717) is 6.04 Å². The summed E-state index contributed by atoms with van der Waals surface area (Å²) < 4.78 is 2.18. The number of nitrogens with one attached hydrogen (secondary N) is 1. The van der Waals surface area contributed by atoms with Crippen molar-refractivity contribution in [2.45, 2.75) is 59.2 Å². The van der Waals surface area contributed by atoms with Gasteiger partial charge in [-0.1, -0.05) is 19.8 Å². The van der Waals surface area contributed by atoms with E-state index < -0.39 is 0 Å². The van der Waals surface area contributed by atoms with E-state index in [2.05, 4.69) is 35.6 Å². The third-order valence-corrected chi connectivity index (χ3v) is 2.76. The molecule has 1 aromatic heterocycles. The van der Waals surface area contributed by atoms with E-state index in [1.807, 2.05) is 12.5 Å². The second-order valence-electron chi connectivity index (χ2n) is 4.10. The fourth-order valence-electron chi connectivity index (χ4n) is 1.67. The van der Waals surface area contributed by atoms with Crippen LogP contribution < -0.4 is 5.32 Å². The Morgan fingerprint density at radius 1 is 1.47 bits per heavy atom. The van der Waals surface area contributed by atoms with Crippen molar-refractivity contribution in [1.29, 1.82) is 0 Å². The summed E-state index contributed by atoms with van der Waals surface area (Å²) in [5.41, 5.74) is 1.28. The molecular weight excluding hydrogens is 186 g/mol. The van der Waals surface area contributed by atoms with Crippen LogP contribution in [0, 0.1) is 0 Å². The lowest BCUT2D eigenvalue weighted by molar-refractivity contribution is 0.484. The largest absolute Gasteiger partial charge is 0.334 e. The van der Waals surface area contributed by atoms with Crippen molar-refractivity contribution in [2.75, 3.05) is 0 Å². The lowest BCUT2D eigenvalue weighted by atomic mass is 10.1. The Morgan fingerprint density at radius 3 is 2.93 bits per heavy atom. The molecule has 0 aliphatic carbocycles. The molecule has 1 rings (SSSR count). The second-order valence-corrected chi connectivity index (χ2v) is 4.10. The van der Waals surface area contributed by atoms with Gasteiger partial charge in [-0.25, -0.2) is 4.98 Å². The summed E-state index contributed by atoms with van der Waals surface area (Å²) in [7, 11) is 0. The molecule has 0 spiro atoms. The summed E-state index contributed by atoms with van der Waals surface area (Å²) >= 11 is 0. The van der Waals surface area contributed by atoms with Gasteiger partial charge in [0.05, 0.1) is 12.0 Å². The van der Waals surface area contributed by atoms with Crippen LogP contribution in [-0.2, 0) is 13.1 Å². The first kappa shape index (κ1) is 12.2. The first-order valence-electron chi connectivity index (χ1n) is 6.00. The highest BCUT2D eigenvalue weighted by molar-refractivity contribution is 4.97. The van der Waals surface area contributed by atoms with Crippen LogP contribution in [0.15, 0.2) is 12.5 Å². The predicted molar refractivity (Wildman–Crippen MR) is 63.7 cm³/mol. The molecule has 1 unspecified atom stereocenters. The summed E-state index contributed by atoms with van der Waals surface area (Å²) in [5, 5.41) is 3.53. The minimum atomic E-state index is 0.602. The number of unbranched alkanes of at least 4 members (excludes halogenated alkanes) is 1. The van der Waals surface area contributed by atoms with E-state index in [0.717, 1.165) is 13.1 Å². The molecular formula is C12H23N3. The molecule has 1 aromatic rings. The Morgan fingerprint density at radius 2 is 2.27 bits per heavy atom. The maximum atomic E-state index is 4.16. The topological polar surface area (TPSA) is 29.9 Å². The molecule has 0 saturated heterocycles. The predicted octanol–water partition coefficient (Wildman–Crippen LogP) is 2.57. The van der Waals surface area contributed by atoms with Crippen molar-refractivity contribution >= 4 is 0 Å². The van der Waals surface area contributed by atoms with Crippen molar-refractivity contribution in [3.63, 3.8) is 0 Å². The third-order valence-electron chi connectivity index (χ3n) is 2.76. The minimum Gasteiger partial charge on any atom is -0.334 e. The molecule has 15 heavy (non-hydrogen) atoms. The minimum absolute atomic E-state index is 0.602. The number of hydrogen-bond donors (Lipinski definition) is 1. The molecule has 1 atom stereocenters. The first-order valence-corrected chi connectivity index (χ1v) is 6.00. The molecule has 0 amide bonds. The average Bonchev–Trinajstić information content (AvgIpc) is 2.70. The van der Waals surface area contributed by atoms with Crippen LogP contribution in [0.4, 0.5) is 0 Å². The SMILES string of the molecule is CCCCC(C)NCc1cncn1CC. The van der Waals surface area contributed by atoms with Gasteiger partial charge in [-0.2, -0.15) is 0 Å². The summed E-state index contributed by atoms with van der Waals surface area (Å²) in [6, 6.07) is 0.602. The van der Waals surface area contributed by atoms with E-state index in [4.69, 9.17) is 0 Å². The smallest absolute Gasteiger partial charge is 0.0948 e. The van der Waals surface area contributed by atoms with Gasteiger partial charge in [-0.3, -0.25) is 0 Å². The zero-order chi connectivity index (χ0) is 11.1. The molecule has 0 aliphatic rings. The summed E-state index contributed by atoms with van der Waals surface area (Å²) in [4.78, 5) is 4.16. The van der Waals surface area contributed by atoms with Crippen LogP contribution in [-0.4, -0.2) is 15.6 Å². The summed E-state index contributed by atoms with van der Waals surface area (Å²) in [6.45, 7) is 8.56. The second kappa shape index (κ2) is 6.62.